The average molecular weight is 270 g/mol. The van der Waals surface area contributed by atoms with E-state index in [4.69, 9.17) is 0 Å². The molecule has 1 atom stereocenters. The highest BCUT2D eigenvalue weighted by Gasteiger charge is 2.21. The van der Waals surface area contributed by atoms with Gasteiger partial charge in [-0.1, -0.05) is 12.1 Å². The highest BCUT2D eigenvalue weighted by Crippen LogP contribution is 2.14. The van der Waals surface area contributed by atoms with Gasteiger partial charge in [-0.05, 0) is 43.1 Å². The average Bonchev–Trinajstić information content (AvgIpc) is 3.12. The Kier molecular flexibility index (Phi) is 3.78. The highest BCUT2D eigenvalue weighted by atomic mass is 16.2. The summed E-state index contributed by atoms with van der Waals surface area (Å²) in [6.07, 6.45) is 5.67. The number of benzene rings is 1. The van der Waals surface area contributed by atoms with Gasteiger partial charge in [-0.2, -0.15) is 5.10 Å². The molecule has 1 saturated heterocycles. The number of nitrogens with zero attached hydrogens (tertiary/aromatic N) is 2. The topological polar surface area (TPSA) is 59.0 Å². The number of amides is 1. The number of carbonyl (C=O) groups excluding carboxylic acids is 1. The third-order valence-electron chi connectivity index (χ3n) is 3.48. The Morgan fingerprint density at radius 1 is 1.45 bits per heavy atom. The van der Waals surface area contributed by atoms with Gasteiger partial charge >= 0.3 is 0 Å². The smallest absolute Gasteiger partial charge is 0.241 e. The second-order valence-electron chi connectivity index (χ2n) is 5.04. The molecule has 3 rings (SSSR count). The summed E-state index contributed by atoms with van der Waals surface area (Å²) in [6.45, 7) is 1.63. The third kappa shape index (κ3) is 3.05. The first-order chi connectivity index (χ1) is 9.81. The van der Waals surface area contributed by atoms with Crippen LogP contribution >= 0.6 is 0 Å². The Morgan fingerprint density at radius 3 is 3.15 bits per heavy atom. The van der Waals surface area contributed by atoms with Crippen LogP contribution in [0.2, 0.25) is 0 Å². The lowest BCUT2D eigenvalue weighted by molar-refractivity contribution is -0.117. The predicted octanol–water partition coefficient (Wildman–Crippen LogP) is 1.62. The minimum absolute atomic E-state index is 0.0511. The van der Waals surface area contributed by atoms with Crippen LogP contribution in [0.25, 0.3) is 0 Å². The van der Waals surface area contributed by atoms with Crippen molar-refractivity contribution < 1.29 is 4.79 Å². The fourth-order valence-corrected chi connectivity index (χ4v) is 2.47. The molecule has 1 aliphatic heterocycles. The van der Waals surface area contributed by atoms with Crippen molar-refractivity contribution in [2.75, 3.05) is 11.9 Å². The molecule has 1 aromatic carbocycles. The standard InChI is InChI=1S/C15H18N4O/c20-15(14-6-2-7-16-14)18-13-5-1-4-12(10-13)11-19-9-3-8-17-19/h1,3-5,8-10,14,16H,2,6-7,11H2,(H,18,20)/t14-/m1/s1. The summed E-state index contributed by atoms with van der Waals surface area (Å²) < 4.78 is 1.86. The van der Waals surface area contributed by atoms with E-state index < -0.39 is 0 Å². The largest absolute Gasteiger partial charge is 0.325 e. The van der Waals surface area contributed by atoms with Crippen LogP contribution in [0.15, 0.2) is 42.7 Å². The fourth-order valence-electron chi connectivity index (χ4n) is 2.47. The van der Waals surface area contributed by atoms with E-state index in [1.165, 1.54) is 0 Å². The summed E-state index contributed by atoms with van der Waals surface area (Å²) in [5.41, 5.74) is 1.96. The van der Waals surface area contributed by atoms with E-state index >= 15 is 0 Å². The Bertz CT molecular complexity index is 573. The predicted molar refractivity (Wildman–Crippen MR) is 77.4 cm³/mol. The molecule has 5 heteroatoms. The molecular weight excluding hydrogens is 252 g/mol. The lowest BCUT2D eigenvalue weighted by atomic mass is 10.1. The van der Waals surface area contributed by atoms with Crippen molar-refractivity contribution in [2.24, 2.45) is 0 Å². The van der Waals surface area contributed by atoms with Crippen molar-refractivity contribution in [3.63, 3.8) is 0 Å². The van der Waals surface area contributed by atoms with Crippen LogP contribution in [-0.2, 0) is 11.3 Å². The summed E-state index contributed by atoms with van der Waals surface area (Å²) in [5, 5.41) is 10.4. The zero-order chi connectivity index (χ0) is 13.8. The molecule has 5 nitrogen and oxygen atoms in total. The molecule has 0 bridgehead atoms. The first kappa shape index (κ1) is 12.9. The maximum atomic E-state index is 12.1. The molecule has 1 aliphatic rings. The van der Waals surface area contributed by atoms with Gasteiger partial charge in [0.1, 0.15) is 0 Å². The van der Waals surface area contributed by atoms with E-state index in [1.807, 2.05) is 41.2 Å². The molecule has 0 saturated carbocycles. The number of hydrogen-bond acceptors (Lipinski definition) is 3. The van der Waals surface area contributed by atoms with Crippen molar-refractivity contribution >= 4 is 11.6 Å². The van der Waals surface area contributed by atoms with E-state index in [0.29, 0.717) is 6.54 Å². The summed E-state index contributed by atoms with van der Waals surface area (Å²) >= 11 is 0. The molecule has 2 aromatic rings. The lowest BCUT2D eigenvalue weighted by Gasteiger charge is -2.12. The molecule has 20 heavy (non-hydrogen) atoms. The van der Waals surface area contributed by atoms with Gasteiger partial charge in [-0.15, -0.1) is 0 Å². The highest BCUT2D eigenvalue weighted by molar-refractivity contribution is 5.95. The van der Waals surface area contributed by atoms with Crippen LogP contribution in [0.1, 0.15) is 18.4 Å². The van der Waals surface area contributed by atoms with Crippen LogP contribution in [0, 0.1) is 0 Å². The normalized spacial score (nSPS) is 18.1. The van der Waals surface area contributed by atoms with E-state index in [1.54, 1.807) is 6.20 Å². The number of aromatic nitrogens is 2. The van der Waals surface area contributed by atoms with Gasteiger partial charge in [0.25, 0.3) is 0 Å². The Hall–Kier alpha value is -2.14. The number of rotatable bonds is 4. The van der Waals surface area contributed by atoms with E-state index in [9.17, 15) is 4.79 Å². The van der Waals surface area contributed by atoms with E-state index in [-0.39, 0.29) is 11.9 Å². The van der Waals surface area contributed by atoms with Gasteiger partial charge in [0.15, 0.2) is 0 Å². The minimum Gasteiger partial charge on any atom is -0.325 e. The molecule has 1 fully saturated rings. The van der Waals surface area contributed by atoms with Crippen LogP contribution in [0.4, 0.5) is 5.69 Å². The SMILES string of the molecule is O=C(Nc1cccc(Cn2cccn2)c1)[C@H]1CCCN1. The molecule has 0 unspecified atom stereocenters. The molecule has 0 spiro atoms. The zero-order valence-corrected chi connectivity index (χ0v) is 11.2. The molecule has 1 aromatic heterocycles. The van der Waals surface area contributed by atoms with Crippen molar-refractivity contribution in [2.45, 2.75) is 25.4 Å². The molecule has 0 aliphatic carbocycles. The summed E-state index contributed by atoms with van der Waals surface area (Å²) in [7, 11) is 0. The number of carbonyl (C=O) groups is 1. The van der Waals surface area contributed by atoms with Crippen molar-refractivity contribution in [1.29, 1.82) is 0 Å². The van der Waals surface area contributed by atoms with Crippen LogP contribution in [0.5, 0.6) is 0 Å². The maximum Gasteiger partial charge on any atom is 0.241 e. The molecule has 0 radical (unpaired) electrons. The molecular formula is C15H18N4O. The molecule has 104 valence electrons. The monoisotopic (exact) mass is 270 g/mol. The molecule has 2 N–H and O–H groups in total. The summed E-state index contributed by atoms with van der Waals surface area (Å²) in [6, 6.07) is 9.75. The Balaban J connectivity index is 1.66. The van der Waals surface area contributed by atoms with Gasteiger partial charge in [-0.3, -0.25) is 9.48 Å². The van der Waals surface area contributed by atoms with Crippen molar-refractivity contribution in [3.05, 3.63) is 48.3 Å². The fraction of sp³-hybridized carbons (Fsp3) is 0.333. The van der Waals surface area contributed by atoms with Gasteiger partial charge in [0, 0.05) is 18.1 Å². The summed E-state index contributed by atoms with van der Waals surface area (Å²) in [5.74, 6) is 0.0544. The number of nitrogens with one attached hydrogen (secondary N) is 2. The second kappa shape index (κ2) is 5.88. The summed E-state index contributed by atoms with van der Waals surface area (Å²) in [4.78, 5) is 12.1. The van der Waals surface area contributed by atoms with Crippen molar-refractivity contribution in [3.8, 4) is 0 Å². The number of anilines is 1. The Labute approximate surface area is 118 Å². The van der Waals surface area contributed by atoms with Crippen LogP contribution in [-0.4, -0.2) is 28.3 Å². The quantitative estimate of drug-likeness (QED) is 0.887. The van der Waals surface area contributed by atoms with Crippen LogP contribution < -0.4 is 10.6 Å². The first-order valence-electron chi connectivity index (χ1n) is 6.92. The molecule has 1 amide bonds. The second-order valence-corrected chi connectivity index (χ2v) is 5.04. The molecule has 2 heterocycles. The first-order valence-corrected chi connectivity index (χ1v) is 6.92. The third-order valence-corrected chi connectivity index (χ3v) is 3.48. The van der Waals surface area contributed by atoms with Crippen molar-refractivity contribution in [1.82, 2.24) is 15.1 Å². The zero-order valence-electron chi connectivity index (χ0n) is 11.2. The van der Waals surface area contributed by atoms with Gasteiger partial charge in [0.2, 0.25) is 5.91 Å². The van der Waals surface area contributed by atoms with Crippen LogP contribution in [0.3, 0.4) is 0 Å². The van der Waals surface area contributed by atoms with E-state index in [2.05, 4.69) is 15.7 Å². The van der Waals surface area contributed by atoms with Gasteiger partial charge in [-0.25, -0.2) is 0 Å². The lowest BCUT2D eigenvalue weighted by Crippen LogP contribution is -2.35. The minimum atomic E-state index is -0.0511. The Morgan fingerprint density at radius 2 is 2.40 bits per heavy atom. The van der Waals surface area contributed by atoms with Gasteiger partial charge < -0.3 is 10.6 Å². The number of hydrogen-bond donors (Lipinski definition) is 2. The van der Waals surface area contributed by atoms with E-state index in [0.717, 1.165) is 30.6 Å². The maximum absolute atomic E-state index is 12.1. The van der Waals surface area contributed by atoms with Gasteiger partial charge in [0.05, 0.1) is 12.6 Å².